The second kappa shape index (κ2) is 11.2. The van der Waals surface area contributed by atoms with Gasteiger partial charge in [0.2, 0.25) is 17.8 Å². The van der Waals surface area contributed by atoms with E-state index >= 15 is 0 Å². The number of hydrogen-bond acceptors (Lipinski definition) is 6. The number of rotatable bonds is 8. The Morgan fingerprint density at radius 1 is 0.929 bits per heavy atom. The topological polar surface area (TPSA) is 121 Å². The van der Waals surface area contributed by atoms with Crippen LogP contribution >= 0.6 is 15.9 Å². The van der Waals surface area contributed by atoms with E-state index in [-0.39, 0.29) is 23.8 Å². The maximum Gasteiger partial charge on any atom is 0.270 e. The van der Waals surface area contributed by atoms with E-state index < -0.39 is 5.41 Å². The van der Waals surface area contributed by atoms with Gasteiger partial charge in [0.15, 0.2) is 0 Å². The standard InChI is InChI=1S/C31H32BrN7O3/c1-38(2)27(40)25-16-19-18-33-30(37-26(19)39(25)24-8-3-4-9-24)36-22-12-10-21(11-13-22)34-28(41)31(14-15-31)29(42)35-23-7-5-6-20(32)17-23/h5-7,10-13,16-18,24H,3-4,8-9,14-15H2,1-2H3,(H,34,41)(H,35,42)(H,33,36,37). The third kappa shape index (κ3) is 5.48. The Labute approximate surface area is 252 Å². The maximum atomic E-state index is 13.1. The average Bonchev–Trinajstić information content (AvgIpc) is 3.45. The summed E-state index contributed by atoms with van der Waals surface area (Å²) in [5.41, 5.74) is 2.27. The molecule has 0 atom stereocenters. The molecule has 0 saturated heterocycles. The maximum absolute atomic E-state index is 13.1. The zero-order valence-corrected chi connectivity index (χ0v) is 25.1. The largest absolute Gasteiger partial charge is 0.343 e. The molecular weight excluding hydrogens is 598 g/mol. The van der Waals surface area contributed by atoms with Crippen LogP contribution in [0.5, 0.6) is 0 Å². The number of halogens is 1. The van der Waals surface area contributed by atoms with Gasteiger partial charge in [0, 0.05) is 53.3 Å². The lowest BCUT2D eigenvalue weighted by Gasteiger charge is -2.19. The number of nitrogens with zero attached hydrogens (tertiary/aromatic N) is 4. The fourth-order valence-electron chi connectivity index (χ4n) is 5.51. The summed E-state index contributed by atoms with van der Waals surface area (Å²) < 4.78 is 2.93. The van der Waals surface area contributed by atoms with Crippen molar-refractivity contribution in [1.29, 1.82) is 0 Å². The van der Waals surface area contributed by atoms with Gasteiger partial charge in [0.25, 0.3) is 5.91 Å². The van der Waals surface area contributed by atoms with Crippen LogP contribution in [0.4, 0.5) is 23.0 Å². The predicted molar refractivity (Wildman–Crippen MR) is 166 cm³/mol. The highest BCUT2D eigenvalue weighted by Gasteiger charge is 2.56. The highest BCUT2D eigenvalue weighted by Crippen LogP contribution is 2.47. The van der Waals surface area contributed by atoms with Crippen molar-refractivity contribution in [2.45, 2.75) is 44.6 Å². The van der Waals surface area contributed by atoms with Crippen LogP contribution in [0.15, 0.2) is 65.3 Å². The molecule has 6 rings (SSSR count). The highest BCUT2D eigenvalue weighted by atomic mass is 79.9. The summed E-state index contributed by atoms with van der Waals surface area (Å²) in [5.74, 6) is -0.255. The minimum absolute atomic E-state index is 0.0503. The smallest absolute Gasteiger partial charge is 0.270 e. The summed E-state index contributed by atoms with van der Waals surface area (Å²) in [4.78, 5) is 49.9. The van der Waals surface area contributed by atoms with Crippen LogP contribution < -0.4 is 16.0 Å². The summed E-state index contributed by atoms with van der Waals surface area (Å²) in [7, 11) is 3.51. The second-order valence-electron chi connectivity index (χ2n) is 11.2. The number of amides is 3. The zero-order valence-electron chi connectivity index (χ0n) is 23.5. The molecule has 4 aromatic rings. The molecule has 2 fully saturated rings. The average molecular weight is 631 g/mol. The first-order valence-electron chi connectivity index (χ1n) is 14.1. The molecule has 0 spiro atoms. The third-order valence-electron chi connectivity index (χ3n) is 7.99. The Hall–Kier alpha value is -4.25. The van der Waals surface area contributed by atoms with Crippen LogP contribution in [-0.2, 0) is 9.59 Å². The van der Waals surface area contributed by atoms with E-state index in [1.807, 2.05) is 30.3 Å². The monoisotopic (exact) mass is 629 g/mol. The van der Waals surface area contributed by atoms with E-state index in [1.165, 1.54) is 0 Å². The van der Waals surface area contributed by atoms with Gasteiger partial charge in [-0.3, -0.25) is 14.4 Å². The molecule has 42 heavy (non-hydrogen) atoms. The van der Waals surface area contributed by atoms with E-state index in [9.17, 15) is 14.4 Å². The van der Waals surface area contributed by atoms with Crippen molar-refractivity contribution in [3.63, 3.8) is 0 Å². The molecule has 2 saturated carbocycles. The summed E-state index contributed by atoms with van der Waals surface area (Å²) >= 11 is 3.40. The van der Waals surface area contributed by atoms with Crippen molar-refractivity contribution in [3.8, 4) is 0 Å². The molecule has 10 nitrogen and oxygen atoms in total. The second-order valence-corrected chi connectivity index (χ2v) is 12.1. The van der Waals surface area contributed by atoms with Crippen molar-refractivity contribution in [3.05, 3.63) is 71.0 Å². The first-order chi connectivity index (χ1) is 20.2. The molecule has 0 radical (unpaired) electrons. The Balaban J connectivity index is 1.15. The minimum atomic E-state index is -1.07. The fourth-order valence-corrected chi connectivity index (χ4v) is 5.91. The number of fused-ring (bicyclic) bond motifs is 1. The number of anilines is 4. The highest BCUT2D eigenvalue weighted by molar-refractivity contribution is 9.10. The molecular formula is C31H32BrN7O3. The molecule has 2 aromatic heterocycles. The van der Waals surface area contributed by atoms with E-state index in [0.29, 0.717) is 35.9 Å². The first kappa shape index (κ1) is 27.9. The van der Waals surface area contributed by atoms with E-state index in [2.05, 4.69) is 41.4 Å². The lowest BCUT2D eigenvalue weighted by Crippen LogP contribution is -2.35. The number of carbonyl (C=O) groups excluding carboxylic acids is 3. The van der Waals surface area contributed by atoms with Crippen LogP contribution in [0.1, 0.15) is 55.1 Å². The summed E-state index contributed by atoms with van der Waals surface area (Å²) in [6, 6.07) is 16.6. The normalized spacial score (nSPS) is 15.8. The molecule has 0 aliphatic heterocycles. The molecule has 2 aromatic carbocycles. The summed E-state index contributed by atoms with van der Waals surface area (Å²) in [6.07, 6.45) is 7.05. The Morgan fingerprint density at radius 3 is 2.24 bits per heavy atom. The molecule has 3 amide bonds. The third-order valence-corrected chi connectivity index (χ3v) is 8.48. The fraction of sp³-hybridized carbons (Fsp3) is 0.323. The molecule has 216 valence electrons. The lowest BCUT2D eigenvalue weighted by atomic mass is 10.0. The Bertz CT molecular complexity index is 1670. The van der Waals surface area contributed by atoms with Crippen molar-refractivity contribution in [2.75, 3.05) is 30.0 Å². The van der Waals surface area contributed by atoms with Crippen molar-refractivity contribution < 1.29 is 14.4 Å². The molecule has 3 N–H and O–H groups in total. The molecule has 2 aliphatic rings. The molecule has 0 bridgehead atoms. The van der Waals surface area contributed by atoms with Gasteiger partial charge in [0.1, 0.15) is 16.8 Å². The van der Waals surface area contributed by atoms with Crippen molar-refractivity contribution in [2.24, 2.45) is 5.41 Å². The predicted octanol–water partition coefficient (Wildman–Crippen LogP) is 6.11. The van der Waals surface area contributed by atoms with Crippen molar-refractivity contribution >= 4 is 67.7 Å². The Kier molecular flexibility index (Phi) is 7.44. The number of benzene rings is 2. The van der Waals surface area contributed by atoms with Gasteiger partial charge in [0.05, 0.1) is 0 Å². The van der Waals surface area contributed by atoms with Crippen LogP contribution in [0.25, 0.3) is 11.0 Å². The number of nitrogens with one attached hydrogen (secondary N) is 3. The quantitative estimate of drug-likeness (QED) is 0.202. The Morgan fingerprint density at radius 2 is 1.60 bits per heavy atom. The van der Waals surface area contributed by atoms with E-state index in [0.717, 1.165) is 46.9 Å². The van der Waals surface area contributed by atoms with Gasteiger partial charge in [-0.05, 0) is 74.2 Å². The van der Waals surface area contributed by atoms with Gasteiger partial charge in [-0.1, -0.05) is 34.8 Å². The summed E-state index contributed by atoms with van der Waals surface area (Å²) in [5, 5.41) is 9.82. The molecule has 11 heteroatoms. The van der Waals surface area contributed by atoms with Gasteiger partial charge in [-0.2, -0.15) is 4.98 Å². The SMILES string of the molecule is CN(C)C(=O)c1cc2cnc(Nc3ccc(NC(=O)C4(C(=O)Nc5cccc(Br)c5)CC4)cc3)nc2n1C1CCCC1. The van der Waals surface area contributed by atoms with Crippen LogP contribution in [-0.4, -0.2) is 51.3 Å². The van der Waals surface area contributed by atoms with Crippen LogP contribution in [0.3, 0.4) is 0 Å². The van der Waals surface area contributed by atoms with Gasteiger partial charge in [-0.25, -0.2) is 4.98 Å². The van der Waals surface area contributed by atoms with Gasteiger partial charge < -0.3 is 25.4 Å². The molecule has 0 unspecified atom stereocenters. The van der Waals surface area contributed by atoms with Gasteiger partial charge >= 0.3 is 0 Å². The lowest BCUT2D eigenvalue weighted by molar-refractivity contribution is -0.131. The zero-order chi connectivity index (χ0) is 29.4. The van der Waals surface area contributed by atoms with Gasteiger partial charge in [-0.15, -0.1) is 0 Å². The van der Waals surface area contributed by atoms with E-state index in [1.54, 1.807) is 49.5 Å². The van der Waals surface area contributed by atoms with Crippen LogP contribution in [0.2, 0.25) is 0 Å². The number of carbonyl (C=O) groups is 3. The minimum Gasteiger partial charge on any atom is -0.343 e. The van der Waals surface area contributed by atoms with Crippen LogP contribution in [0, 0.1) is 5.41 Å². The first-order valence-corrected chi connectivity index (χ1v) is 14.9. The molecule has 2 aliphatic carbocycles. The number of hydrogen-bond donors (Lipinski definition) is 3. The van der Waals surface area contributed by atoms with Crippen molar-refractivity contribution in [1.82, 2.24) is 19.4 Å². The number of aromatic nitrogens is 3. The molecule has 2 heterocycles. The summed E-state index contributed by atoms with van der Waals surface area (Å²) in [6.45, 7) is 0. The van der Waals surface area contributed by atoms with E-state index in [4.69, 9.17) is 4.98 Å².